The van der Waals surface area contributed by atoms with Crippen LogP contribution in [0, 0.1) is 0 Å². The van der Waals surface area contributed by atoms with Crippen molar-refractivity contribution < 1.29 is 22.7 Å². The number of anilines is 1. The summed E-state index contributed by atoms with van der Waals surface area (Å²) in [6.45, 7) is 6.29. The topological polar surface area (TPSA) is 41.6 Å². The fourth-order valence-corrected chi connectivity index (χ4v) is 1.92. The molecule has 1 amide bonds. The number of alkyl halides is 3. The molecule has 0 saturated carbocycles. The van der Waals surface area contributed by atoms with Gasteiger partial charge in [0.25, 0.3) is 0 Å². The van der Waals surface area contributed by atoms with Crippen molar-refractivity contribution >= 4 is 23.4 Å². The van der Waals surface area contributed by atoms with Crippen molar-refractivity contribution in [3.8, 4) is 0 Å². The van der Waals surface area contributed by atoms with Crippen LogP contribution < -0.4 is 5.32 Å². The van der Waals surface area contributed by atoms with E-state index < -0.39 is 17.8 Å². The molecule has 1 aromatic rings. The third-order valence-electron chi connectivity index (χ3n) is 3.07. The summed E-state index contributed by atoms with van der Waals surface area (Å²) in [5.74, 6) is 0. The van der Waals surface area contributed by atoms with Gasteiger partial charge in [-0.1, -0.05) is 25.4 Å². The normalized spacial score (nSPS) is 11.6. The van der Waals surface area contributed by atoms with Crippen LogP contribution in [0.2, 0.25) is 5.02 Å². The van der Waals surface area contributed by atoms with Crippen molar-refractivity contribution in [2.24, 2.45) is 0 Å². The number of carbonyl (C=O) groups is 1. The maximum atomic E-state index is 12.6. The summed E-state index contributed by atoms with van der Waals surface area (Å²) < 4.78 is 42.8. The Bertz CT molecular complexity index is 505. The van der Waals surface area contributed by atoms with Crippen molar-refractivity contribution in [2.75, 3.05) is 31.6 Å². The molecule has 22 heavy (non-hydrogen) atoms. The highest BCUT2D eigenvalue weighted by Gasteiger charge is 2.31. The highest BCUT2D eigenvalue weighted by atomic mass is 35.5. The molecule has 0 spiro atoms. The summed E-state index contributed by atoms with van der Waals surface area (Å²) in [6, 6.07) is 2.70. The summed E-state index contributed by atoms with van der Waals surface area (Å²) in [5.41, 5.74) is -1.03. The van der Waals surface area contributed by atoms with Gasteiger partial charge in [0.15, 0.2) is 0 Å². The minimum Gasteiger partial charge on any atom is -0.448 e. The van der Waals surface area contributed by atoms with Gasteiger partial charge in [-0.3, -0.25) is 5.32 Å². The molecule has 1 N–H and O–H groups in total. The molecule has 0 radical (unpaired) electrons. The summed E-state index contributed by atoms with van der Waals surface area (Å²) in [4.78, 5) is 13.6. The molecule has 4 nitrogen and oxygen atoms in total. The molecule has 0 heterocycles. The predicted molar refractivity (Wildman–Crippen MR) is 79.2 cm³/mol. The average molecular weight is 339 g/mol. The van der Waals surface area contributed by atoms with Gasteiger partial charge in [0.2, 0.25) is 0 Å². The van der Waals surface area contributed by atoms with Crippen LogP contribution >= 0.6 is 11.6 Å². The second kappa shape index (κ2) is 8.24. The van der Waals surface area contributed by atoms with E-state index in [0.29, 0.717) is 6.54 Å². The first kappa shape index (κ1) is 18.6. The number of halogens is 4. The first-order valence-corrected chi connectivity index (χ1v) is 7.18. The standard InChI is InChI=1S/C14H18ClF3N2O2/c1-3-20(4-2)7-8-22-13(21)19-12-9-10(14(16,17)18)5-6-11(12)15/h5-6,9H,3-4,7-8H2,1-2H3,(H,19,21). The zero-order valence-corrected chi connectivity index (χ0v) is 13.1. The fraction of sp³-hybridized carbons (Fsp3) is 0.500. The molecule has 0 aliphatic carbocycles. The predicted octanol–water partition coefficient (Wildman–Crippen LogP) is 4.25. The van der Waals surface area contributed by atoms with Gasteiger partial charge < -0.3 is 9.64 Å². The summed E-state index contributed by atoms with van der Waals surface area (Å²) >= 11 is 5.77. The van der Waals surface area contributed by atoms with Crippen molar-refractivity contribution in [1.82, 2.24) is 4.90 Å². The summed E-state index contributed by atoms with van der Waals surface area (Å²) in [5, 5.41) is 2.23. The van der Waals surface area contributed by atoms with Gasteiger partial charge in [-0.15, -0.1) is 0 Å². The van der Waals surface area contributed by atoms with Crippen LogP contribution in [0.25, 0.3) is 0 Å². The Morgan fingerprint density at radius 3 is 2.50 bits per heavy atom. The smallest absolute Gasteiger partial charge is 0.416 e. The number of likely N-dealkylation sites (N-methyl/N-ethyl adjacent to an activating group) is 1. The van der Waals surface area contributed by atoms with E-state index in [0.717, 1.165) is 31.3 Å². The fourth-order valence-electron chi connectivity index (χ4n) is 1.75. The van der Waals surface area contributed by atoms with Crippen molar-refractivity contribution in [3.05, 3.63) is 28.8 Å². The zero-order chi connectivity index (χ0) is 16.8. The second-order valence-electron chi connectivity index (χ2n) is 4.48. The molecule has 0 unspecified atom stereocenters. The van der Waals surface area contributed by atoms with Crippen LogP contribution in [0.1, 0.15) is 19.4 Å². The Kier molecular flexibility index (Phi) is 6.96. The molecule has 0 aliphatic heterocycles. The van der Waals surface area contributed by atoms with E-state index >= 15 is 0 Å². The molecule has 0 aromatic heterocycles. The minimum atomic E-state index is -4.51. The van der Waals surface area contributed by atoms with Crippen molar-refractivity contribution in [3.63, 3.8) is 0 Å². The van der Waals surface area contributed by atoms with Crippen LogP contribution in [0.5, 0.6) is 0 Å². The first-order valence-electron chi connectivity index (χ1n) is 6.80. The van der Waals surface area contributed by atoms with Gasteiger partial charge in [0.1, 0.15) is 6.61 Å². The SMILES string of the molecule is CCN(CC)CCOC(=O)Nc1cc(C(F)(F)F)ccc1Cl. The molecule has 1 rings (SSSR count). The maximum absolute atomic E-state index is 12.6. The van der Waals surface area contributed by atoms with Crippen LogP contribution in [0.4, 0.5) is 23.7 Å². The van der Waals surface area contributed by atoms with Gasteiger partial charge in [-0.2, -0.15) is 13.2 Å². The number of hydrogen-bond donors (Lipinski definition) is 1. The highest BCUT2D eigenvalue weighted by molar-refractivity contribution is 6.33. The van der Waals surface area contributed by atoms with Gasteiger partial charge in [-0.05, 0) is 31.3 Å². The largest absolute Gasteiger partial charge is 0.448 e. The van der Waals surface area contributed by atoms with E-state index in [9.17, 15) is 18.0 Å². The maximum Gasteiger partial charge on any atom is 0.416 e. The number of nitrogens with one attached hydrogen (secondary N) is 1. The van der Waals surface area contributed by atoms with E-state index in [1.807, 2.05) is 18.7 Å². The molecular weight excluding hydrogens is 321 g/mol. The number of rotatable bonds is 6. The lowest BCUT2D eigenvalue weighted by Crippen LogP contribution is -2.28. The van der Waals surface area contributed by atoms with Crippen LogP contribution in [-0.2, 0) is 10.9 Å². The Hall–Kier alpha value is -1.47. The summed E-state index contributed by atoms with van der Waals surface area (Å²) in [7, 11) is 0. The van der Waals surface area contributed by atoms with Gasteiger partial charge in [-0.25, -0.2) is 4.79 Å². The third-order valence-corrected chi connectivity index (χ3v) is 3.40. The van der Waals surface area contributed by atoms with E-state index in [1.54, 1.807) is 0 Å². The van der Waals surface area contributed by atoms with E-state index in [4.69, 9.17) is 16.3 Å². The Labute approximate surface area is 132 Å². The Morgan fingerprint density at radius 1 is 1.32 bits per heavy atom. The lowest BCUT2D eigenvalue weighted by molar-refractivity contribution is -0.137. The molecule has 0 aliphatic rings. The highest BCUT2D eigenvalue weighted by Crippen LogP contribution is 2.33. The zero-order valence-electron chi connectivity index (χ0n) is 12.3. The molecule has 0 saturated heterocycles. The van der Waals surface area contributed by atoms with E-state index in [-0.39, 0.29) is 17.3 Å². The van der Waals surface area contributed by atoms with Crippen LogP contribution in [0.3, 0.4) is 0 Å². The lowest BCUT2D eigenvalue weighted by atomic mass is 10.2. The number of ether oxygens (including phenoxy) is 1. The number of benzene rings is 1. The van der Waals surface area contributed by atoms with Gasteiger partial charge in [0, 0.05) is 6.54 Å². The Morgan fingerprint density at radius 2 is 1.95 bits per heavy atom. The Balaban J connectivity index is 2.61. The summed E-state index contributed by atoms with van der Waals surface area (Å²) in [6.07, 6.45) is -5.35. The monoisotopic (exact) mass is 338 g/mol. The molecular formula is C14H18ClF3N2O2. The lowest BCUT2D eigenvalue weighted by Gasteiger charge is -2.17. The number of hydrogen-bond acceptors (Lipinski definition) is 3. The van der Waals surface area contributed by atoms with Gasteiger partial charge in [0.05, 0.1) is 16.3 Å². The van der Waals surface area contributed by atoms with E-state index in [2.05, 4.69) is 5.32 Å². The van der Waals surface area contributed by atoms with Crippen LogP contribution in [-0.4, -0.2) is 37.2 Å². The average Bonchev–Trinajstić information content (AvgIpc) is 2.44. The molecule has 0 bridgehead atoms. The molecule has 0 fully saturated rings. The van der Waals surface area contributed by atoms with Crippen molar-refractivity contribution in [2.45, 2.75) is 20.0 Å². The van der Waals surface area contributed by atoms with Gasteiger partial charge >= 0.3 is 12.3 Å². The second-order valence-corrected chi connectivity index (χ2v) is 4.89. The first-order chi connectivity index (χ1) is 10.3. The van der Waals surface area contributed by atoms with Crippen LogP contribution in [0.15, 0.2) is 18.2 Å². The third kappa shape index (κ3) is 5.73. The molecule has 124 valence electrons. The number of amides is 1. The van der Waals surface area contributed by atoms with E-state index in [1.165, 1.54) is 0 Å². The number of nitrogens with zero attached hydrogens (tertiary/aromatic N) is 1. The minimum absolute atomic E-state index is 0.00805. The van der Waals surface area contributed by atoms with Crippen molar-refractivity contribution in [1.29, 1.82) is 0 Å². The molecule has 8 heteroatoms. The number of carbonyl (C=O) groups excluding carboxylic acids is 1. The molecule has 0 atom stereocenters. The quantitative estimate of drug-likeness (QED) is 0.843. The molecule has 1 aromatic carbocycles.